The average molecular weight is 322 g/mol. The fourth-order valence-electron chi connectivity index (χ4n) is 2.21. The summed E-state index contributed by atoms with van der Waals surface area (Å²) in [5, 5.41) is 4.37. The van der Waals surface area contributed by atoms with E-state index < -0.39 is 0 Å². The zero-order chi connectivity index (χ0) is 13.8. The Hall–Kier alpha value is -1.13. The molecule has 1 heterocycles. The van der Waals surface area contributed by atoms with E-state index in [2.05, 4.69) is 59.1 Å². The molecule has 0 radical (unpaired) electrons. The van der Waals surface area contributed by atoms with Crippen molar-refractivity contribution in [3.05, 3.63) is 51.8 Å². The largest absolute Gasteiger partial charge is 0.322 e. The van der Waals surface area contributed by atoms with Crippen LogP contribution in [0.4, 0.5) is 0 Å². The molecule has 0 saturated carbocycles. The number of hydrogen-bond acceptors (Lipinski definition) is 2. The number of aromatic nitrogens is 2. The molecule has 0 aliphatic heterocycles. The van der Waals surface area contributed by atoms with E-state index in [4.69, 9.17) is 5.73 Å². The average Bonchev–Trinajstić information content (AvgIpc) is 2.74. The normalized spacial score (nSPS) is 12.6. The molecule has 1 atom stereocenters. The number of hydrogen-bond donors (Lipinski definition) is 1. The molecule has 1 aromatic heterocycles. The van der Waals surface area contributed by atoms with Crippen LogP contribution in [-0.2, 0) is 13.0 Å². The van der Waals surface area contributed by atoms with Crippen molar-refractivity contribution < 1.29 is 0 Å². The van der Waals surface area contributed by atoms with Gasteiger partial charge >= 0.3 is 0 Å². The van der Waals surface area contributed by atoms with Crippen molar-refractivity contribution in [3.63, 3.8) is 0 Å². The molecule has 102 valence electrons. The molecule has 0 aliphatic rings. The third kappa shape index (κ3) is 3.45. The Morgan fingerprint density at radius 1 is 1.32 bits per heavy atom. The minimum Gasteiger partial charge on any atom is -0.322 e. The lowest BCUT2D eigenvalue weighted by atomic mass is 10.0. The van der Waals surface area contributed by atoms with Crippen LogP contribution >= 0.6 is 15.9 Å². The molecule has 2 N–H and O–H groups in total. The number of halogens is 1. The lowest BCUT2D eigenvalue weighted by molar-refractivity contribution is 0.536. The molecule has 19 heavy (non-hydrogen) atoms. The van der Waals surface area contributed by atoms with Gasteiger partial charge in [-0.25, -0.2) is 0 Å². The van der Waals surface area contributed by atoms with Crippen molar-refractivity contribution in [1.82, 2.24) is 9.78 Å². The molecule has 1 aromatic carbocycles. The molecule has 2 aromatic rings. The van der Waals surface area contributed by atoms with Crippen molar-refractivity contribution >= 4 is 15.9 Å². The van der Waals surface area contributed by atoms with Crippen LogP contribution in [0.2, 0.25) is 0 Å². The first kappa shape index (κ1) is 14.3. The number of benzene rings is 1. The Morgan fingerprint density at radius 3 is 2.63 bits per heavy atom. The first-order chi connectivity index (χ1) is 9.11. The molecule has 0 fully saturated rings. The van der Waals surface area contributed by atoms with Gasteiger partial charge < -0.3 is 5.73 Å². The Morgan fingerprint density at radius 2 is 2.00 bits per heavy atom. The lowest BCUT2D eigenvalue weighted by Gasteiger charge is -2.15. The highest BCUT2D eigenvalue weighted by molar-refractivity contribution is 9.10. The molecule has 0 amide bonds. The van der Waals surface area contributed by atoms with Crippen molar-refractivity contribution in [2.24, 2.45) is 5.73 Å². The lowest BCUT2D eigenvalue weighted by Crippen LogP contribution is -2.19. The van der Waals surface area contributed by atoms with Gasteiger partial charge in [0.2, 0.25) is 0 Å². The van der Waals surface area contributed by atoms with Crippen molar-refractivity contribution in [2.75, 3.05) is 0 Å². The molecule has 2 rings (SSSR count). The van der Waals surface area contributed by atoms with E-state index in [9.17, 15) is 0 Å². The van der Waals surface area contributed by atoms with Crippen LogP contribution in [0.1, 0.15) is 36.2 Å². The van der Waals surface area contributed by atoms with Gasteiger partial charge in [-0.05, 0) is 41.3 Å². The van der Waals surface area contributed by atoms with E-state index in [-0.39, 0.29) is 6.04 Å². The van der Waals surface area contributed by atoms with E-state index in [1.54, 1.807) is 0 Å². The van der Waals surface area contributed by atoms with E-state index in [0.717, 1.165) is 29.6 Å². The van der Waals surface area contributed by atoms with Gasteiger partial charge in [0.05, 0.1) is 22.4 Å². The van der Waals surface area contributed by atoms with Crippen LogP contribution in [0, 0.1) is 6.92 Å². The van der Waals surface area contributed by atoms with Gasteiger partial charge in [0.15, 0.2) is 0 Å². The highest BCUT2D eigenvalue weighted by atomic mass is 79.9. The van der Waals surface area contributed by atoms with Crippen molar-refractivity contribution in [2.45, 2.75) is 39.3 Å². The first-order valence-corrected chi connectivity index (χ1v) is 7.43. The van der Waals surface area contributed by atoms with Gasteiger partial charge in [-0.2, -0.15) is 5.10 Å². The van der Waals surface area contributed by atoms with Gasteiger partial charge in [0, 0.05) is 6.54 Å². The maximum Gasteiger partial charge on any atom is 0.0696 e. The number of aryl methyl sites for hydroxylation is 2. The van der Waals surface area contributed by atoms with E-state index in [1.165, 1.54) is 11.1 Å². The summed E-state index contributed by atoms with van der Waals surface area (Å²) in [6, 6.07) is 8.50. The highest BCUT2D eigenvalue weighted by Gasteiger charge is 2.16. The topological polar surface area (TPSA) is 43.8 Å². The summed E-state index contributed by atoms with van der Waals surface area (Å²) in [7, 11) is 0. The number of rotatable bonds is 5. The van der Waals surface area contributed by atoms with Gasteiger partial charge in [-0.1, -0.05) is 36.8 Å². The molecule has 0 aliphatic carbocycles. The predicted octanol–water partition coefficient (Wildman–Crippen LogP) is 3.61. The molecule has 1 unspecified atom stereocenters. The molecule has 0 bridgehead atoms. The maximum absolute atomic E-state index is 6.35. The molecule has 0 spiro atoms. The van der Waals surface area contributed by atoms with E-state index in [1.807, 2.05) is 10.9 Å². The van der Waals surface area contributed by atoms with Crippen LogP contribution in [0.5, 0.6) is 0 Å². The first-order valence-electron chi connectivity index (χ1n) is 6.64. The Kier molecular flexibility index (Phi) is 4.77. The fraction of sp³-hybridized carbons (Fsp3) is 0.400. The predicted molar refractivity (Wildman–Crippen MR) is 82.0 cm³/mol. The van der Waals surface area contributed by atoms with E-state index in [0.29, 0.717) is 0 Å². The van der Waals surface area contributed by atoms with Crippen molar-refractivity contribution in [1.29, 1.82) is 0 Å². The second kappa shape index (κ2) is 6.35. The highest BCUT2D eigenvalue weighted by Crippen LogP contribution is 2.24. The zero-order valence-electron chi connectivity index (χ0n) is 11.4. The summed E-state index contributed by atoms with van der Waals surface area (Å²) < 4.78 is 3.00. The molecule has 3 nitrogen and oxygen atoms in total. The molecule has 4 heteroatoms. The summed E-state index contributed by atoms with van der Waals surface area (Å²) in [6.45, 7) is 5.14. The minimum absolute atomic E-state index is 0.0360. The summed E-state index contributed by atoms with van der Waals surface area (Å²) in [5.41, 5.74) is 9.97. The summed E-state index contributed by atoms with van der Waals surface area (Å²) in [5.74, 6) is 0. The molecular formula is C15H20BrN3. The number of nitrogens with two attached hydrogens (primary N) is 1. The monoisotopic (exact) mass is 321 g/mol. The van der Waals surface area contributed by atoms with Crippen LogP contribution in [0.25, 0.3) is 0 Å². The Balaban J connectivity index is 2.17. The molecular weight excluding hydrogens is 302 g/mol. The smallest absolute Gasteiger partial charge is 0.0696 e. The second-order valence-corrected chi connectivity index (χ2v) is 5.75. The zero-order valence-corrected chi connectivity index (χ0v) is 13.0. The Labute approximate surface area is 122 Å². The molecule has 0 saturated heterocycles. The van der Waals surface area contributed by atoms with Crippen molar-refractivity contribution in [3.8, 4) is 0 Å². The Bertz CT molecular complexity index is 531. The van der Waals surface area contributed by atoms with Gasteiger partial charge in [-0.15, -0.1) is 0 Å². The maximum atomic E-state index is 6.35. The SMILES string of the molecule is CCCn1ncc(Br)c1C(N)Cc1ccc(C)cc1. The third-order valence-corrected chi connectivity index (χ3v) is 3.81. The summed E-state index contributed by atoms with van der Waals surface area (Å²) >= 11 is 3.55. The van der Waals surface area contributed by atoms with Gasteiger partial charge in [-0.3, -0.25) is 4.68 Å². The third-order valence-electron chi connectivity index (χ3n) is 3.20. The van der Waals surface area contributed by atoms with Gasteiger partial charge in [0.1, 0.15) is 0 Å². The fourth-order valence-corrected chi connectivity index (χ4v) is 2.80. The standard InChI is InChI=1S/C15H20BrN3/c1-3-8-19-15(13(16)10-18-19)14(17)9-12-6-4-11(2)5-7-12/h4-7,10,14H,3,8-9,17H2,1-2H3. The van der Waals surface area contributed by atoms with Crippen LogP contribution in [0.15, 0.2) is 34.9 Å². The van der Waals surface area contributed by atoms with Gasteiger partial charge in [0.25, 0.3) is 0 Å². The summed E-state index contributed by atoms with van der Waals surface area (Å²) in [6.07, 6.45) is 3.71. The number of nitrogens with zero attached hydrogens (tertiary/aromatic N) is 2. The minimum atomic E-state index is -0.0360. The van der Waals surface area contributed by atoms with Crippen LogP contribution < -0.4 is 5.73 Å². The second-order valence-electron chi connectivity index (χ2n) is 4.90. The van der Waals surface area contributed by atoms with E-state index >= 15 is 0 Å². The summed E-state index contributed by atoms with van der Waals surface area (Å²) in [4.78, 5) is 0. The quantitative estimate of drug-likeness (QED) is 0.914. The van der Waals surface area contributed by atoms with Crippen LogP contribution in [-0.4, -0.2) is 9.78 Å². The van der Waals surface area contributed by atoms with Crippen LogP contribution in [0.3, 0.4) is 0 Å².